The molecule has 6 heteroatoms. The number of hydrogen-bond acceptors (Lipinski definition) is 4. The number of hydrogen-bond donors (Lipinski definition) is 2. The van der Waals surface area contributed by atoms with Gasteiger partial charge in [0.1, 0.15) is 11.5 Å². The lowest BCUT2D eigenvalue weighted by Gasteiger charge is -2.37. The Bertz CT molecular complexity index is 936. The number of carbonyl (C=O) groups is 1. The molecule has 1 atom stereocenters. The van der Waals surface area contributed by atoms with Crippen molar-refractivity contribution in [1.82, 2.24) is 15.1 Å². The largest absolute Gasteiger partial charge is 0.461 e. The Morgan fingerprint density at radius 2 is 2.00 bits per heavy atom. The molecule has 3 aromatic rings. The van der Waals surface area contributed by atoms with Gasteiger partial charge in [-0.3, -0.25) is 9.48 Å². The van der Waals surface area contributed by atoms with Crippen LogP contribution in [0, 0.1) is 12.8 Å². The first-order valence-electron chi connectivity index (χ1n) is 9.14. The van der Waals surface area contributed by atoms with E-state index in [1.54, 1.807) is 23.0 Å². The molecule has 1 aliphatic rings. The second-order valence-corrected chi connectivity index (χ2v) is 7.27. The average Bonchev–Trinajstić information content (AvgIpc) is 3.26. The minimum atomic E-state index is -0.276. The Hall–Kier alpha value is -2.86. The molecule has 0 unspecified atom stereocenters. The van der Waals surface area contributed by atoms with E-state index in [-0.39, 0.29) is 24.0 Å². The second-order valence-electron chi connectivity index (χ2n) is 7.27. The highest BCUT2D eigenvalue weighted by molar-refractivity contribution is 5.94. The van der Waals surface area contributed by atoms with Crippen molar-refractivity contribution in [3.8, 4) is 11.3 Å². The van der Waals surface area contributed by atoms with Gasteiger partial charge in [0, 0.05) is 29.9 Å². The van der Waals surface area contributed by atoms with Gasteiger partial charge in [-0.05, 0) is 49.9 Å². The molecule has 6 nitrogen and oxygen atoms in total. The maximum Gasteiger partial charge on any atom is 0.251 e. The molecule has 2 aromatic heterocycles. The fourth-order valence-corrected chi connectivity index (χ4v) is 3.58. The zero-order chi connectivity index (χ0) is 19.0. The summed E-state index contributed by atoms with van der Waals surface area (Å²) in [5, 5.41) is 17.0. The lowest BCUT2D eigenvalue weighted by molar-refractivity contribution is 0.0235. The molecule has 0 radical (unpaired) electrons. The third-order valence-electron chi connectivity index (χ3n) is 5.16. The first-order chi connectivity index (χ1) is 13.0. The molecule has 0 aliphatic heterocycles. The number of furan rings is 1. The summed E-state index contributed by atoms with van der Waals surface area (Å²) in [4.78, 5) is 12.8. The fourth-order valence-electron chi connectivity index (χ4n) is 3.58. The maximum absolute atomic E-state index is 12.8. The van der Waals surface area contributed by atoms with Crippen LogP contribution in [-0.2, 0) is 7.05 Å². The predicted molar refractivity (Wildman–Crippen MR) is 101 cm³/mol. The second kappa shape index (κ2) is 7.04. The summed E-state index contributed by atoms with van der Waals surface area (Å²) in [7, 11) is 1.85. The van der Waals surface area contributed by atoms with Crippen molar-refractivity contribution in [2.24, 2.45) is 13.0 Å². The van der Waals surface area contributed by atoms with Gasteiger partial charge in [0.05, 0.1) is 18.3 Å². The number of carbonyl (C=O) groups excluding carboxylic acids is 1. The van der Waals surface area contributed by atoms with Gasteiger partial charge < -0.3 is 14.8 Å². The van der Waals surface area contributed by atoms with Gasteiger partial charge in [-0.1, -0.05) is 12.1 Å². The first-order valence-corrected chi connectivity index (χ1v) is 9.14. The number of aliphatic hydroxyl groups is 1. The zero-order valence-electron chi connectivity index (χ0n) is 15.4. The molecule has 0 saturated heterocycles. The molecule has 140 valence electrons. The topological polar surface area (TPSA) is 80.3 Å². The third-order valence-corrected chi connectivity index (χ3v) is 5.16. The van der Waals surface area contributed by atoms with E-state index >= 15 is 0 Å². The van der Waals surface area contributed by atoms with E-state index in [0.717, 1.165) is 22.6 Å². The Morgan fingerprint density at radius 1 is 1.26 bits per heavy atom. The summed E-state index contributed by atoms with van der Waals surface area (Å²) in [6.45, 7) is 1.90. The van der Waals surface area contributed by atoms with Crippen molar-refractivity contribution in [3.63, 3.8) is 0 Å². The molecule has 2 heterocycles. The van der Waals surface area contributed by atoms with E-state index in [1.807, 2.05) is 44.4 Å². The van der Waals surface area contributed by atoms with Gasteiger partial charge >= 0.3 is 0 Å². The highest BCUT2D eigenvalue weighted by Crippen LogP contribution is 2.38. The molecule has 1 amide bonds. The minimum absolute atomic E-state index is 0.132. The van der Waals surface area contributed by atoms with Gasteiger partial charge in [-0.2, -0.15) is 5.10 Å². The van der Waals surface area contributed by atoms with Crippen LogP contribution in [0.2, 0.25) is 0 Å². The van der Waals surface area contributed by atoms with Crippen molar-refractivity contribution in [2.75, 3.05) is 0 Å². The van der Waals surface area contributed by atoms with Crippen molar-refractivity contribution < 1.29 is 14.3 Å². The number of rotatable bonds is 5. The quantitative estimate of drug-likeness (QED) is 0.727. The van der Waals surface area contributed by atoms with Gasteiger partial charge in [-0.25, -0.2) is 0 Å². The summed E-state index contributed by atoms with van der Waals surface area (Å²) in [6.07, 6.45) is 4.80. The Balaban J connectivity index is 1.50. The molecule has 0 spiro atoms. The summed E-state index contributed by atoms with van der Waals surface area (Å²) in [5.41, 5.74) is 2.49. The van der Waals surface area contributed by atoms with E-state index in [9.17, 15) is 9.90 Å². The fraction of sp³-hybridized carbons (Fsp3) is 0.333. The number of benzene rings is 1. The van der Waals surface area contributed by atoms with Gasteiger partial charge in [0.15, 0.2) is 0 Å². The molecule has 4 rings (SSSR count). The van der Waals surface area contributed by atoms with Crippen LogP contribution in [0.25, 0.3) is 11.3 Å². The molecular weight excluding hydrogens is 342 g/mol. The van der Waals surface area contributed by atoms with Crippen molar-refractivity contribution >= 4 is 5.91 Å². The standard InChI is InChI=1S/C21H23N3O3/c1-13-3-8-19(27-13)14-4-6-15(7-5-14)21(26)23-20(16-9-18(25)10-16)17-11-22-24(2)12-17/h3-8,11-12,16,18,20,25H,9-10H2,1-2H3,(H,23,26)/t16?,18?,20-/m0/s1. The van der Waals surface area contributed by atoms with Crippen LogP contribution in [-0.4, -0.2) is 26.9 Å². The lowest BCUT2D eigenvalue weighted by atomic mass is 9.75. The molecule has 0 bridgehead atoms. The van der Waals surface area contributed by atoms with E-state index in [2.05, 4.69) is 10.4 Å². The molecule has 1 aromatic carbocycles. The van der Waals surface area contributed by atoms with Gasteiger partial charge in [-0.15, -0.1) is 0 Å². The molecule has 27 heavy (non-hydrogen) atoms. The average molecular weight is 365 g/mol. The van der Waals surface area contributed by atoms with E-state index < -0.39 is 0 Å². The van der Waals surface area contributed by atoms with Gasteiger partial charge in [0.2, 0.25) is 0 Å². The smallest absolute Gasteiger partial charge is 0.251 e. The van der Waals surface area contributed by atoms with E-state index in [1.165, 1.54) is 0 Å². The van der Waals surface area contributed by atoms with E-state index in [4.69, 9.17) is 4.42 Å². The molecule has 1 fully saturated rings. The molecule has 2 N–H and O–H groups in total. The highest BCUT2D eigenvalue weighted by Gasteiger charge is 2.36. The summed E-state index contributed by atoms with van der Waals surface area (Å²) >= 11 is 0. The van der Waals surface area contributed by atoms with Crippen molar-refractivity contribution in [3.05, 3.63) is 65.7 Å². The Labute approximate surface area is 157 Å². The normalized spacial score (nSPS) is 20.1. The number of aliphatic hydroxyl groups excluding tert-OH is 1. The summed E-state index contributed by atoms with van der Waals surface area (Å²) in [6, 6.07) is 11.1. The highest BCUT2D eigenvalue weighted by atomic mass is 16.3. The zero-order valence-corrected chi connectivity index (χ0v) is 15.4. The van der Waals surface area contributed by atoms with Crippen LogP contribution in [0.3, 0.4) is 0 Å². The van der Waals surface area contributed by atoms with Crippen molar-refractivity contribution in [2.45, 2.75) is 31.9 Å². The van der Waals surface area contributed by atoms with Crippen molar-refractivity contribution in [1.29, 1.82) is 0 Å². The third kappa shape index (κ3) is 3.66. The van der Waals surface area contributed by atoms with Crippen LogP contribution < -0.4 is 5.32 Å². The van der Waals surface area contributed by atoms with Crippen LogP contribution in [0.5, 0.6) is 0 Å². The van der Waals surface area contributed by atoms with Crippen LogP contribution in [0.1, 0.15) is 40.6 Å². The molecule has 1 aliphatic carbocycles. The maximum atomic E-state index is 12.8. The minimum Gasteiger partial charge on any atom is -0.461 e. The molecular formula is C21H23N3O3. The summed E-state index contributed by atoms with van der Waals surface area (Å²) in [5.74, 6) is 1.73. The first kappa shape index (κ1) is 17.5. The Kier molecular flexibility index (Phi) is 4.58. The number of aryl methyl sites for hydroxylation is 2. The SMILES string of the molecule is Cc1ccc(-c2ccc(C(=O)N[C@H](c3cnn(C)c3)C3CC(O)C3)cc2)o1. The van der Waals surface area contributed by atoms with E-state index in [0.29, 0.717) is 18.4 Å². The van der Waals surface area contributed by atoms with Crippen LogP contribution in [0.15, 0.2) is 53.2 Å². The number of aromatic nitrogens is 2. The van der Waals surface area contributed by atoms with Crippen LogP contribution in [0.4, 0.5) is 0 Å². The Morgan fingerprint density at radius 3 is 2.56 bits per heavy atom. The number of nitrogens with one attached hydrogen (secondary N) is 1. The lowest BCUT2D eigenvalue weighted by Crippen LogP contribution is -2.41. The molecule has 1 saturated carbocycles. The summed E-state index contributed by atoms with van der Waals surface area (Å²) < 4.78 is 7.35. The number of nitrogens with zero attached hydrogens (tertiary/aromatic N) is 2. The van der Waals surface area contributed by atoms with Crippen LogP contribution >= 0.6 is 0 Å². The monoisotopic (exact) mass is 365 g/mol. The number of amides is 1. The predicted octanol–water partition coefficient (Wildman–Crippen LogP) is 3.23. The van der Waals surface area contributed by atoms with Gasteiger partial charge in [0.25, 0.3) is 5.91 Å².